The highest BCUT2D eigenvalue weighted by atomic mass is 16.5. The standard InChI is InChI=1S/C14H19N3O2/c1-3-14(16,4-2)10-19-13(18)17-12-7-5-11(9-15)6-8-12/h5-8H,3-4,10,16H2,1-2H3,(H,17,18). The number of carbonyl (C=O) groups excluding carboxylic acids is 1. The maximum Gasteiger partial charge on any atom is 0.411 e. The Labute approximate surface area is 113 Å². The number of nitrogens with two attached hydrogens (primary N) is 1. The normalized spacial score (nSPS) is 10.6. The molecule has 0 radical (unpaired) electrons. The molecule has 0 bridgehead atoms. The number of amides is 1. The molecule has 0 saturated heterocycles. The van der Waals surface area contributed by atoms with Crippen molar-refractivity contribution >= 4 is 11.8 Å². The summed E-state index contributed by atoms with van der Waals surface area (Å²) in [7, 11) is 0. The van der Waals surface area contributed by atoms with Crippen molar-refractivity contribution in [2.45, 2.75) is 32.2 Å². The van der Waals surface area contributed by atoms with Gasteiger partial charge >= 0.3 is 6.09 Å². The number of ether oxygens (including phenoxy) is 1. The van der Waals surface area contributed by atoms with Crippen LogP contribution in [0.3, 0.4) is 0 Å². The van der Waals surface area contributed by atoms with Crippen molar-refractivity contribution in [1.29, 1.82) is 5.26 Å². The zero-order chi connectivity index (χ0) is 14.3. The Morgan fingerprint density at radius 1 is 1.37 bits per heavy atom. The highest BCUT2D eigenvalue weighted by Crippen LogP contribution is 2.13. The second-order valence-corrected chi connectivity index (χ2v) is 4.46. The first-order valence-corrected chi connectivity index (χ1v) is 6.26. The number of hydrogen-bond acceptors (Lipinski definition) is 4. The molecular formula is C14H19N3O2. The number of carbonyl (C=O) groups is 1. The van der Waals surface area contributed by atoms with E-state index >= 15 is 0 Å². The minimum absolute atomic E-state index is 0.183. The van der Waals surface area contributed by atoms with Gasteiger partial charge in [-0.05, 0) is 37.1 Å². The highest BCUT2D eigenvalue weighted by molar-refractivity contribution is 5.84. The third-order valence-corrected chi connectivity index (χ3v) is 3.16. The number of nitriles is 1. The lowest BCUT2D eigenvalue weighted by atomic mass is 9.96. The smallest absolute Gasteiger partial charge is 0.411 e. The van der Waals surface area contributed by atoms with E-state index < -0.39 is 11.6 Å². The summed E-state index contributed by atoms with van der Waals surface area (Å²) in [6, 6.07) is 8.56. The molecule has 5 nitrogen and oxygen atoms in total. The highest BCUT2D eigenvalue weighted by Gasteiger charge is 2.22. The molecule has 0 unspecified atom stereocenters. The van der Waals surface area contributed by atoms with Crippen molar-refractivity contribution in [3.05, 3.63) is 29.8 Å². The van der Waals surface area contributed by atoms with Gasteiger partial charge in [-0.1, -0.05) is 13.8 Å². The van der Waals surface area contributed by atoms with Gasteiger partial charge in [0.15, 0.2) is 0 Å². The number of hydrogen-bond donors (Lipinski definition) is 2. The average molecular weight is 261 g/mol. The molecule has 1 aromatic carbocycles. The number of nitrogens with zero attached hydrogens (tertiary/aromatic N) is 1. The lowest BCUT2D eigenvalue weighted by molar-refractivity contribution is 0.125. The maximum atomic E-state index is 11.6. The van der Waals surface area contributed by atoms with Crippen LogP contribution in [0.5, 0.6) is 0 Å². The molecule has 19 heavy (non-hydrogen) atoms. The third kappa shape index (κ3) is 4.60. The van der Waals surface area contributed by atoms with Gasteiger partial charge in [0, 0.05) is 11.2 Å². The predicted octanol–water partition coefficient (Wildman–Crippen LogP) is 2.62. The molecule has 0 aromatic heterocycles. The molecule has 1 aromatic rings. The van der Waals surface area contributed by atoms with Gasteiger partial charge in [0.2, 0.25) is 0 Å². The summed E-state index contributed by atoms with van der Waals surface area (Å²) in [5.74, 6) is 0. The average Bonchev–Trinajstić information content (AvgIpc) is 2.45. The van der Waals surface area contributed by atoms with Crippen molar-refractivity contribution < 1.29 is 9.53 Å². The Morgan fingerprint density at radius 2 is 1.95 bits per heavy atom. The second-order valence-electron chi connectivity index (χ2n) is 4.46. The molecule has 1 rings (SSSR count). The van der Waals surface area contributed by atoms with Gasteiger partial charge in [-0.25, -0.2) is 4.79 Å². The van der Waals surface area contributed by atoms with E-state index in [1.807, 2.05) is 19.9 Å². The quantitative estimate of drug-likeness (QED) is 0.852. The summed E-state index contributed by atoms with van der Waals surface area (Å²) in [5, 5.41) is 11.3. The van der Waals surface area contributed by atoms with Gasteiger partial charge < -0.3 is 10.5 Å². The van der Waals surface area contributed by atoms with Crippen LogP contribution in [0.2, 0.25) is 0 Å². The van der Waals surface area contributed by atoms with E-state index in [0.717, 1.165) is 12.8 Å². The molecule has 0 saturated carbocycles. The first kappa shape index (κ1) is 15.0. The first-order chi connectivity index (χ1) is 9.03. The van der Waals surface area contributed by atoms with Gasteiger partial charge in [-0.15, -0.1) is 0 Å². The fourth-order valence-electron chi connectivity index (χ4n) is 1.45. The van der Waals surface area contributed by atoms with Gasteiger partial charge in [0.1, 0.15) is 6.61 Å². The van der Waals surface area contributed by atoms with E-state index in [4.69, 9.17) is 15.7 Å². The van der Waals surface area contributed by atoms with E-state index in [2.05, 4.69) is 5.32 Å². The van der Waals surface area contributed by atoms with Gasteiger partial charge in [0.25, 0.3) is 0 Å². The lowest BCUT2D eigenvalue weighted by Gasteiger charge is -2.25. The van der Waals surface area contributed by atoms with Crippen molar-refractivity contribution in [2.24, 2.45) is 5.73 Å². The molecular weight excluding hydrogens is 242 g/mol. The molecule has 102 valence electrons. The van der Waals surface area contributed by atoms with Gasteiger partial charge in [-0.3, -0.25) is 5.32 Å². The largest absolute Gasteiger partial charge is 0.447 e. The topological polar surface area (TPSA) is 88.1 Å². The van der Waals surface area contributed by atoms with Gasteiger partial charge in [-0.2, -0.15) is 5.26 Å². The van der Waals surface area contributed by atoms with E-state index in [9.17, 15) is 4.79 Å². The Morgan fingerprint density at radius 3 is 2.42 bits per heavy atom. The SMILES string of the molecule is CCC(N)(CC)COC(=O)Nc1ccc(C#N)cc1. The van der Waals surface area contributed by atoms with E-state index in [1.54, 1.807) is 24.3 Å². The monoisotopic (exact) mass is 261 g/mol. The molecule has 0 aliphatic heterocycles. The van der Waals surface area contributed by atoms with Crippen LogP contribution in [0.1, 0.15) is 32.3 Å². The number of nitrogens with one attached hydrogen (secondary N) is 1. The van der Waals surface area contributed by atoms with Crippen LogP contribution >= 0.6 is 0 Å². The predicted molar refractivity (Wildman–Crippen MR) is 73.6 cm³/mol. The van der Waals surface area contributed by atoms with Crippen LogP contribution in [0, 0.1) is 11.3 Å². The molecule has 0 aliphatic rings. The molecule has 0 heterocycles. The summed E-state index contributed by atoms with van der Waals surface area (Å²) < 4.78 is 5.11. The molecule has 0 spiro atoms. The molecule has 5 heteroatoms. The van der Waals surface area contributed by atoms with E-state index in [1.165, 1.54) is 0 Å². The fraction of sp³-hybridized carbons (Fsp3) is 0.429. The number of benzene rings is 1. The molecule has 0 atom stereocenters. The van der Waals surface area contributed by atoms with Crippen LogP contribution in [0.25, 0.3) is 0 Å². The molecule has 3 N–H and O–H groups in total. The maximum absolute atomic E-state index is 11.6. The van der Waals surface area contributed by atoms with Crippen molar-refractivity contribution in [2.75, 3.05) is 11.9 Å². The third-order valence-electron chi connectivity index (χ3n) is 3.16. The van der Waals surface area contributed by atoms with E-state index in [-0.39, 0.29) is 6.61 Å². The Hall–Kier alpha value is -2.06. The molecule has 0 aliphatic carbocycles. The number of anilines is 1. The van der Waals surface area contributed by atoms with Gasteiger partial charge in [0.05, 0.1) is 11.6 Å². The summed E-state index contributed by atoms with van der Waals surface area (Å²) in [4.78, 5) is 11.6. The van der Waals surface area contributed by atoms with Crippen molar-refractivity contribution in [3.63, 3.8) is 0 Å². The Balaban J connectivity index is 2.49. The zero-order valence-electron chi connectivity index (χ0n) is 11.3. The summed E-state index contributed by atoms with van der Waals surface area (Å²) in [5.41, 5.74) is 6.69. The van der Waals surface area contributed by atoms with Crippen LogP contribution in [0.4, 0.5) is 10.5 Å². The van der Waals surface area contributed by atoms with Crippen LogP contribution in [-0.2, 0) is 4.74 Å². The fourth-order valence-corrected chi connectivity index (χ4v) is 1.45. The Kier molecular flexibility index (Phi) is 5.34. The minimum atomic E-state index is -0.540. The summed E-state index contributed by atoms with van der Waals surface area (Å²) >= 11 is 0. The molecule has 0 fully saturated rings. The van der Waals surface area contributed by atoms with Crippen LogP contribution < -0.4 is 11.1 Å². The Bertz CT molecular complexity index is 459. The van der Waals surface area contributed by atoms with E-state index in [0.29, 0.717) is 11.3 Å². The van der Waals surface area contributed by atoms with Crippen molar-refractivity contribution in [3.8, 4) is 6.07 Å². The van der Waals surface area contributed by atoms with Crippen LogP contribution in [-0.4, -0.2) is 18.2 Å². The lowest BCUT2D eigenvalue weighted by Crippen LogP contribution is -2.44. The summed E-state index contributed by atoms with van der Waals surface area (Å²) in [6.07, 6.45) is 0.947. The van der Waals surface area contributed by atoms with Crippen LogP contribution in [0.15, 0.2) is 24.3 Å². The minimum Gasteiger partial charge on any atom is -0.447 e. The summed E-state index contributed by atoms with van der Waals surface area (Å²) in [6.45, 7) is 4.11. The number of rotatable bonds is 5. The molecule has 1 amide bonds. The zero-order valence-corrected chi connectivity index (χ0v) is 11.3. The first-order valence-electron chi connectivity index (χ1n) is 6.26. The van der Waals surface area contributed by atoms with Crippen molar-refractivity contribution in [1.82, 2.24) is 0 Å². The second kappa shape index (κ2) is 6.76.